The molecule has 0 aliphatic carbocycles. The second kappa shape index (κ2) is 17.4. The van der Waals surface area contributed by atoms with Crippen LogP contribution in [0.25, 0.3) is 84.7 Å². The Kier molecular flexibility index (Phi) is 10.4. The van der Waals surface area contributed by atoms with Gasteiger partial charge in [-0.2, -0.15) is 9.97 Å². The molecule has 0 saturated heterocycles. The maximum atomic E-state index is 5.38. The highest BCUT2D eigenvalue weighted by Crippen LogP contribution is 2.35. The zero-order valence-electron chi connectivity index (χ0n) is 36.8. The predicted octanol–water partition coefficient (Wildman–Crippen LogP) is 10.9. The number of aromatic nitrogens is 7. The van der Waals surface area contributed by atoms with E-state index in [0.29, 0.717) is 35.1 Å². The SMILES string of the molecule is c1ccc(-c2nc(-c3cccc([Si](c4ccccc4)(c4ccccc4)c4ccccc4)c3)nc(-c3ccccc3-c3nc(-c4ccccc4)nc(-n4c5ccccc5c5ccccc54)n3)n2)cc1. The molecule has 0 radical (unpaired) electrons. The van der Waals surface area contributed by atoms with Gasteiger partial charge < -0.3 is 0 Å². The van der Waals surface area contributed by atoms with E-state index in [2.05, 4.69) is 168 Å². The van der Waals surface area contributed by atoms with Crippen LogP contribution in [-0.2, 0) is 0 Å². The standard InChI is InChI=1S/C60H41N7Si/c1-6-23-42(24-7-1)55-61-57(44-27-22-34-48(41-44)68(45-28-10-3-11-29-45,46-30-12-4-13-31-46)47-32-14-5-15-33-47)64-58(62-55)51-37-16-17-38-52(51)59-63-56(43-25-8-2-9-26-43)65-60(66-59)67-53-39-20-18-35-49(53)50-36-19-21-40-54(50)67/h1-41H. The van der Waals surface area contributed by atoms with Gasteiger partial charge in [-0.3, -0.25) is 4.57 Å². The smallest absolute Gasteiger partial charge is 0.238 e. The fourth-order valence-corrected chi connectivity index (χ4v) is 14.4. The van der Waals surface area contributed by atoms with Crippen molar-refractivity contribution in [1.29, 1.82) is 0 Å². The van der Waals surface area contributed by atoms with Gasteiger partial charge >= 0.3 is 0 Å². The first-order valence-corrected chi connectivity index (χ1v) is 24.7. The summed E-state index contributed by atoms with van der Waals surface area (Å²) < 4.78 is 2.14. The van der Waals surface area contributed by atoms with Gasteiger partial charge in [0.2, 0.25) is 5.95 Å². The summed E-state index contributed by atoms with van der Waals surface area (Å²) in [4.78, 5) is 31.6. The minimum absolute atomic E-state index is 0.501. The van der Waals surface area contributed by atoms with E-state index >= 15 is 0 Å². The maximum absolute atomic E-state index is 5.38. The fraction of sp³-hybridized carbons (Fsp3) is 0. The van der Waals surface area contributed by atoms with E-state index in [1.807, 2.05) is 84.9 Å². The van der Waals surface area contributed by atoms with Crippen molar-refractivity contribution in [2.75, 3.05) is 0 Å². The summed E-state index contributed by atoms with van der Waals surface area (Å²) in [6, 6.07) is 86.8. The van der Waals surface area contributed by atoms with E-state index in [9.17, 15) is 0 Å². The lowest BCUT2D eigenvalue weighted by atomic mass is 10.1. The van der Waals surface area contributed by atoms with Gasteiger partial charge in [-0.1, -0.05) is 237 Å². The average Bonchev–Trinajstić information content (AvgIpc) is 3.77. The lowest BCUT2D eigenvalue weighted by Crippen LogP contribution is -2.74. The van der Waals surface area contributed by atoms with Gasteiger partial charge in [0.05, 0.1) is 11.0 Å². The Hall–Kier alpha value is -8.98. The first-order chi connectivity index (χ1) is 33.7. The largest absolute Gasteiger partial charge is 0.278 e. The Bertz CT molecular complexity index is 3580. The Morgan fingerprint density at radius 1 is 0.265 bits per heavy atom. The van der Waals surface area contributed by atoms with Crippen LogP contribution in [0.3, 0.4) is 0 Å². The van der Waals surface area contributed by atoms with Crippen LogP contribution in [0.5, 0.6) is 0 Å². The van der Waals surface area contributed by atoms with Gasteiger partial charge in [0, 0.05) is 38.6 Å². The van der Waals surface area contributed by atoms with Gasteiger partial charge in [0.15, 0.2) is 37.2 Å². The topological polar surface area (TPSA) is 82.3 Å². The Balaban J connectivity index is 1.07. The van der Waals surface area contributed by atoms with Crippen molar-refractivity contribution in [3.05, 3.63) is 249 Å². The van der Waals surface area contributed by atoms with Crippen LogP contribution in [-0.4, -0.2) is 42.5 Å². The van der Waals surface area contributed by atoms with E-state index in [4.69, 9.17) is 29.9 Å². The van der Waals surface area contributed by atoms with E-state index in [0.717, 1.165) is 49.6 Å². The molecule has 9 aromatic carbocycles. The number of nitrogens with zero attached hydrogens (tertiary/aromatic N) is 7. The molecule has 0 saturated carbocycles. The van der Waals surface area contributed by atoms with Crippen LogP contribution in [0.4, 0.5) is 0 Å². The summed E-state index contributed by atoms with van der Waals surface area (Å²) in [5.41, 5.74) is 6.20. The number of hydrogen-bond donors (Lipinski definition) is 0. The summed E-state index contributed by atoms with van der Waals surface area (Å²) in [6.07, 6.45) is 0. The molecule has 0 aliphatic rings. The van der Waals surface area contributed by atoms with Gasteiger partial charge in [-0.05, 0) is 32.9 Å². The highest BCUT2D eigenvalue weighted by atomic mass is 28.3. The van der Waals surface area contributed by atoms with Crippen LogP contribution in [0.15, 0.2) is 249 Å². The molecule has 12 rings (SSSR count). The maximum Gasteiger partial charge on any atom is 0.238 e. The summed E-state index contributed by atoms with van der Waals surface area (Å²) >= 11 is 0. The highest BCUT2D eigenvalue weighted by molar-refractivity contribution is 7.19. The van der Waals surface area contributed by atoms with Crippen LogP contribution in [0.2, 0.25) is 0 Å². The molecular weight excluding hydrogens is 847 g/mol. The minimum Gasteiger partial charge on any atom is -0.278 e. The third-order valence-corrected chi connectivity index (χ3v) is 17.5. The summed E-state index contributed by atoms with van der Waals surface area (Å²) in [5, 5.41) is 7.33. The Morgan fingerprint density at radius 3 is 1.10 bits per heavy atom. The molecule has 0 aliphatic heterocycles. The summed E-state index contributed by atoms with van der Waals surface area (Å²) in [5.74, 6) is 3.21. The normalized spacial score (nSPS) is 11.5. The highest BCUT2D eigenvalue weighted by Gasteiger charge is 2.41. The lowest BCUT2D eigenvalue weighted by Gasteiger charge is -2.34. The molecule has 68 heavy (non-hydrogen) atoms. The fourth-order valence-electron chi connectivity index (χ4n) is 9.61. The minimum atomic E-state index is -2.86. The van der Waals surface area contributed by atoms with Crippen molar-refractivity contribution in [2.45, 2.75) is 0 Å². The van der Waals surface area contributed by atoms with Crippen molar-refractivity contribution < 1.29 is 0 Å². The van der Waals surface area contributed by atoms with Gasteiger partial charge in [-0.25, -0.2) is 19.9 Å². The van der Waals surface area contributed by atoms with Crippen molar-refractivity contribution in [3.63, 3.8) is 0 Å². The molecule has 7 nitrogen and oxygen atoms in total. The third-order valence-electron chi connectivity index (χ3n) is 12.7. The molecule has 320 valence electrons. The van der Waals surface area contributed by atoms with Crippen LogP contribution in [0.1, 0.15) is 0 Å². The van der Waals surface area contributed by atoms with Crippen LogP contribution < -0.4 is 20.7 Å². The molecule has 3 aromatic heterocycles. The zero-order chi connectivity index (χ0) is 45.3. The predicted molar refractivity (Wildman–Crippen MR) is 278 cm³/mol. The Labute approximate surface area is 394 Å². The number of fused-ring (bicyclic) bond motifs is 3. The number of rotatable bonds is 10. The van der Waals surface area contributed by atoms with Crippen molar-refractivity contribution in [3.8, 4) is 62.9 Å². The van der Waals surface area contributed by atoms with Crippen LogP contribution in [0, 0.1) is 0 Å². The molecule has 3 heterocycles. The van der Waals surface area contributed by atoms with Crippen molar-refractivity contribution in [2.24, 2.45) is 0 Å². The Morgan fingerprint density at radius 2 is 0.603 bits per heavy atom. The second-order valence-electron chi connectivity index (χ2n) is 16.7. The van der Waals surface area contributed by atoms with E-state index in [1.165, 1.54) is 20.7 Å². The molecule has 0 fully saturated rings. The lowest BCUT2D eigenvalue weighted by molar-refractivity contribution is 0.953. The number of benzene rings is 9. The molecule has 0 amide bonds. The molecule has 0 unspecified atom stereocenters. The second-order valence-corrected chi connectivity index (χ2v) is 20.5. The summed E-state index contributed by atoms with van der Waals surface area (Å²) in [7, 11) is -2.86. The van der Waals surface area contributed by atoms with E-state index < -0.39 is 8.07 Å². The van der Waals surface area contributed by atoms with Crippen LogP contribution >= 0.6 is 0 Å². The van der Waals surface area contributed by atoms with Gasteiger partial charge in [-0.15, -0.1) is 0 Å². The van der Waals surface area contributed by atoms with Crippen molar-refractivity contribution in [1.82, 2.24) is 34.5 Å². The third kappa shape index (κ3) is 7.17. The number of para-hydroxylation sites is 2. The molecule has 0 bridgehead atoms. The van der Waals surface area contributed by atoms with Gasteiger partial charge in [0.1, 0.15) is 0 Å². The average molecular weight is 888 g/mol. The molecule has 8 heteroatoms. The zero-order valence-corrected chi connectivity index (χ0v) is 37.8. The molecule has 0 N–H and O–H groups in total. The van der Waals surface area contributed by atoms with Gasteiger partial charge in [0.25, 0.3) is 0 Å². The van der Waals surface area contributed by atoms with E-state index in [1.54, 1.807) is 0 Å². The molecule has 0 atom stereocenters. The molecule has 0 spiro atoms. The first-order valence-electron chi connectivity index (χ1n) is 22.7. The quantitative estimate of drug-likeness (QED) is 0.100. The number of hydrogen-bond acceptors (Lipinski definition) is 6. The van der Waals surface area contributed by atoms with E-state index in [-0.39, 0.29) is 0 Å². The first kappa shape index (κ1) is 40.5. The van der Waals surface area contributed by atoms with Crippen molar-refractivity contribution >= 4 is 50.6 Å². The summed E-state index contributed by atoms with van der Waals surface area (Å²) in [6.45, 7) is 0. The molecule has 12 aromatic rings. The molecular formula is C60H41N7Si. The monoisotopic (exact) mass is 887 g/mol.